The van der Waals surface area contributed by atoms with Gasteiger partial charge in [0.1, 0.15) is 11.9 Å². The molecule has 126 valence electrons. The number of aliphatic hydroxyl groups excluding tert-OH is 1. The van der Waals surface area contributed by atoms with E-state index in [0.29, 0.717) is 24.4 Å². The number of furan rings is 1. The van der Waals surface area contributed by atoms with Crippen LogP contribution >= 0.6 is 0 Å². The van der Waals surface area contributed by atoms with Gasteiger partial charge in [0.05, 0.1) is 17.9 Å². The van der Waals surface area contributed by atoms with E-state index in [0.717, 1.165) is 12.1 Å². The maximum absolute atomic E-state index is 10.4. The molecule has 0 radical (unpaired) electrons. The molecule has 4 nitrogen and oxygen atoms in total. The third-order valence-electron chi connectivity index (χ3n) is 4.04. The summed E-state index contributed by atoms with van der Waals surface area (Å²) in [5.74, 6) is 0.567. The Morgan fingerprint density at radius 2 is 1.60 bits per heavy atom. The predicted octanol–water partition coefficient (Wildman–Crippen LogP) is 3.89. The first kappa shape index (κ1) is 17.0. The van der Waals surface area contributed by atoms with Crippen molar-refractivity contribution in [2.45, 2.75) is 19.2 Å². The fourth-order valence-corrected chi connectivity index (χ4v) is 2.78. The lowest BCUT2D eigenvalue weighted by Crippen LogP contribution is -2.28. The second-order valence-corrected chi connectivity index (χ2v) is 6.00. The first-order valence-corrected chi connectivity index (χ1v) is 8.21. The first-order valence-electron chi connectivity index (χ1n) is 8.21. The molecule has 0 aliphatic rings. The molecule has 0 aliphatic heterocycles. The van der Waals surface area contributed by atoms with Crippen molar-refractivity contribution in [2.24, 2.45) is 0 Å². The van der Waals surface area contributed by atoms with Crippen LogP contribution in [0.2, 0.25) is 0 Å². The van der Waals surface area contributed by atoms with Gasteiger partial charge >= 0.3 is 0 Å². The minimum Gasteiger partial charge on any atom is -0.467 e. The molecule has 25 heavy (non-hydrogen) atoms. The van der Waals surface area contributed by atoms with E-state index in [9.17, 15) is 5.11 Å². The Labute approximate surface area is 147 Å². The highest BCUT2D eigenvalue weighted by Gasteiger charge is 2.16. The molecule has 0 saturated heterocycles. The van der Waals surface area contributed by atoms with Gasteiger partial charge in [0.25, 0.3) is 0 Å². The van der Waals surface area contributed by atoms with Gasteiger partial charge in [-0.1, -0.05) is 42.5 Å². The lowest BCUT2D eigenvalue weighted by atomic mass is 10.1. The smallest absolute Gasteiger partial charge is 0.133 e. The zero-order chi connectivity index (χ0) is 17.5. The van der Waals surface area contributed by atoms with Crippen molar-refractivity contribution >= 4 is 0 Å². The van der Waals surface area contributed by atoms with Crippen molar-refractivity contribution in [1.29, 1.82) is 5.26 Å². The van der Waals surface area contributed by atoms with Crippen LogP contribution in [0.25, 0.3) is 0 Å². The van der Waals surface area contributed by atoms with Crippen LogP contribution in [-0.4, -0.2) is 16.6 Å². The average Bonchev–Trinajstić information content (AvgIpc) is 3.18. The summed E-state index contributed by atoms with van der Waals surface area (Å²) in [5.41, 5.74) is 2.93. The standard InChI is InChI=1S/C21H20N2O2/c22-13-17-8-10-19(11-9-17)15-23(14-18-5-2-1-3-6-18)16-20(24)21-7-4-12-25-21/h1-12,20,24H,14-16H2. The molecule has 0 amide bonds. The van der Waals surface area contributed by atoms with Gasteiger partial charge in [0, 0.05) is 19.6 Å². The Kier molecular flexibility index (Phi) is 5.63. The van der Waals surface area contributed by atoms with Crippen LogP contribution in [-0.2, 0) is 13.1 Å². The highest BCUT2D eigenvalue weighted by atomic mass is 16.4. The molecule has 4 heteroatoms. The van der Waals surface area contributed by atoms with E-state index >= 15 is 0 Å². The predicted molar refractivity (Wildman–Crippen MR) is 95.4 cm³/mol. The van der Waals surface area contributed by atoms with E-state index in [4.69, 9.17) is 9.68 Å². The number of hydrogen-bond donors (Lipinski definition) is 1. The number of hydrogen-bond acceptors (Lipinski definition) is 4. The van der Waals surface area contributed by atoms with Gasteiger partial charge in [-0.25, -0.2) is 0 Å². The minimum absolute atomic E-state index is 0.461. The van der Waals surface area contributed by atoms with Crippen molar-refractivity contribution in [3.8, 4) is 6.07 Å². The Balaban J connectivity index is 1.74. The fourth-order valence-electron chi connectivity index (χ4n) is 2.78. The largest absolute Gasteiger partial charge is 0.467 e. The molecule has 3 rings (SSSR count). The summed E-state index contributed by atoms with van der Waals surface area (Å²) >= 11 is 0. The Hall–Kier alpha value is -2.87. The monoisotopic (exact) mass is 332 g/mol. The quantitative estimate of drug-likeness (QED) is 0.713. The zero-order valence-corrected chi connectivity index (χ0v) is 13.9. The number of nitrogens with zero attached hydrogens (tertiary/aromatic N) is 2. The van der Waals surface area contributed by atoms with Crippen LogP contribution in [0.15, 0.2) is 77.4 Å². The summed E-state index contributed by atoms with van der Waals surface area (Å²) in [6.45, 7) is 1.86. The van der Waals surface area contributed by atoms with Gasteiger partial charge in [-0.2, -0.15) is 5.26 Å². The van der Waals surface area contributed by atoms with Gasteiger partial charge in [-0.3, -0.25) is 4.90 Å². The summed E-state index contributed by atoms with van der Waals surface area (Å²) in [7, 11) is 0. The Bertz CT molecular complexity index is 805. The van der Waals surface area contributed by atoms with Gasteiger partial charge < -0.3 is 9.52 Å². The van der Waals surface area contributed by atoms with Crippen LogP contribution in [0.1, 0.15) is 28.6 Å². The van der Waals surface area contributed by atoms with Gasteiger partial charge in [0.2, 0.25) is 0 Å². The van der Waals surface area contributed by atoms with E-state index in [2.05, 4.69) is 23.1 Å². The molecule has 1 unspecified atom stereocenters. The number of aliphatic hydroxyl groups is 1. The van der Waals surface area contributed by atoms with Crippen LogP contribution in [0.5, 0.6) is 0 Å². The molecule has 2 aromatic carbocycles. The molecule has 1 N–H and O–H groups in total. The van der Waals surface area contributed by atoms with Crippen molar-refractivity contribution in [2.75, 3.05) is 6.54 Å². The molecule has 1 heterocycles. The minimum atomic E-state index is -0.683. The average molecular weight is 332 g/mol. The van der Waals surface area contributed by atoms with E-state index in [1.165, 1.54) is 5.56 Å². The highest BCUT2D eigenvalue weighted by Crippen LogP contribution is 2.18. The summed E-state index contributed by atoms with van der Waals surface area (Å²) in [4.78, 5) is 2.17. The summed E-state index contributed by atoms with van der Waals surface area (Å²) < 4.78 is 5.31. The molecule has 0 bridgehead atoms. The lowest BCUT2D eigenvalue weighted by Gasteiger charge is -2.24. The van der Waals surface area contributed by atoms with Crippen molar-refractivity contribution < 1.29 is 9.52 Å². The SMILES string of the molecule is N#Cc1ccc(CN(Cc2ccccc2)CC(O)c2ccco2)cc1. The molecular weight excluding hydrogens is 312 g/mol. The fraction of sp³-hybridized carbons (Fsp3) is 0.190. The second kappa shape index (κ2) is 8.29. The van der Waals surface area contributed by atoms with E-state index in [1.807, 2.05) is 42.5 Å². The van der Waals surface area contributed by atoms with Crippen LogP contribution in [0.4, 0.5) is 0 Å². The highest BCUT2D eigenvalue weighted by molar-refractivity contribution is 5.31. The Morgan fingerprint density at radius 1 is 0.920 bits per heavy atom. The first-order chi connectivity index (χ1) is 12.2. The van der Waals surface area contributed by atoms with Crippen LogP contribution in [0.3, 0.4) is 0 Å². The van der Waals surface area contributed by atoms with Crippen molar-refractivity contribution in [3.05, 3.63) is 95.4 Å². The third kappa shape index (κ3) is 4.80. The maximum atomic E-state index is 10.4. The number of nitriles is 1. The number of benzene rings is 2. The van der Waals surface area contributed by atoms with E-state index in [-0.39, 0.29) is 0 Å². The zero-order valence-electron chi connectivity index (χ0n) is 13.9. The normalized spacial score (nSPS) is 12.0. The van der Waals surface area contributed by atoms with Gasteiger partial charge in [-0.05, 0) is 35.4 Å². The lowest BCUT2D eigenvalue weighted by molar-refractivity contribution is 0.0873. The van der Waals surface area contributed by atoms with Crippen LogP contribution < -0.4 is 0 Å². The van der Waals surface area contributed by atoms with E-state index in [1.54, 1.807) is 18.4 Å². The molecule has 1 aromatic heterocycles. The molecule has 3 aromatic rings. The van der Waals surface area contributed by atoms with Gasteiger partial charge in [0.15, 0.2) is 0 Å². The summed E-state index contributed by atoms with van der Waals surface area (Å²) in [6.07, 6.45) is 0.887. The Morgan fingerprint density at radius 3 is 2.20 bits per heavy atom. The maximum Gasteiger partial charge on any atom is 0.133 e. The van der Waals surface area contributed by atoms with Gasteiger partial charge in [-0.15, -0.1) is 0 Å². The second-order valence-electron chi connectivity index (χ2n) is 6.00. The molecular formula is C21H20N2O2. The summed E-state index contributed by atoms with van der Waals surface area (Å²) in [6, 6.07) is 23.4. The molecule has 0 saturated carbocycles. The van der Waals surface area contributed by atoms with Crippen molar-refractivity contribution in [3.63, 3.8) is 0 Å². The summed E-state index contributed by atoms with van der Waals surface area (Å²) in [5, 5.41) is 19.4. The number of rotatable bonds is 7. The third-order valence-corrected chi connectivity index (χ3v) is 4.04. The van der Waals surface area contributed by atoms with Crippen LogP contribution in [0, 0.1) is 11.3 Å². The molecule has 0 fully saturated rings. The van der Waals surface area contributed by atoms with Crippen molar-refractivity contribution in [1.82, 2.24) is 4.90 Å². The topological polar surface area (TPSA) is 60.4 Å². The molecule has 1 atom stereocenters. The molecule has 0 aliphatic carbocycles. The molecule has 0 spiro atoms. The van der Waals surface area contributed by atoms with E-state index < -0.39 is 6.10 Å².